The van der Waals surface area contributed by atoms with Crippen LogP contribution >= 0.6 is 0 Å². The van der Waals surface area contributed by atoms with Crippen LogP contribution in [0.4, 0.5) is 0 Å². The summed E-state index contributed by atoms with van der Waals surface area (Å²) < 4.78 is 0. The maximum atomic E-state index is 8.63. The van der Waals surface area contributed by atoms with Gasteiger partial charge in [-0.1, -0.05) is 61.0 Å². The third kappa shape index (κ3) is 6.00. The zero-order chi connectivity index (χ0) is 14.8. The zero-order valence-electron chi connectivity index (χ0n) is 12.7. The normalized spacial score (nSPS) is 9.80. The Hall–Kier alpha value is -1.64. The van der Waals surface area contributed by atoms with E-state index in [-0.39, 0.29) is 6.61 Å². The van der Waals surface area contributed by atoms with Crippen LogP contribution in [0.25, 0.3) is 0 Å². The number of aliphatic hydroxyl groups is 1. The standard InChI is InChI=1S/C10H15N.C8H10O/c1-3-9-4-6-10(7-5-9)8-11-2;1-7-2-4-8(6-9)5-3-7/h4-7,11H,3,8H2,1-2H3;2-5,9H,6H2,1H3. The van der Waals surface area contributed by atoms with Crippen LogP contribution in [0.5, 0.6) is 0 Å². The molecule has 0 aromatic heterocycles. The molecule has 0 aliphatic heterocycles. The number of hydrogen-bond donors (Lipinski definition) is 2. The van der Waals surface area contributed by atoms with Gasteiger partial charge in [-0.15, -0.1) is 0 Å². The summed E-state index contributed by atoms with van der Waals surface area (Å²) in [5.74, 6) is 0. The molecule has 2 nitrogen and oxygen atoms in total. The number of hydrogen-bond acceptors (Lipinski definition) is 2. The van der Waals surface area contributed by atoms with E-state index in [0.717, 1.165) is 18.5 Å². The Balaban J connectivity index is 0.000000204. The largest absolute Gasteiger partial charge is 0.392 e. The summed E-state index contributed by atoms with van der Waals surface area (Å²) in [4.78, 5) is 0. The smallest absolute Gasteiger partial charge is 0.0681 e. The first kappa shape index (κ1) is 16.4. The van der Waals surface area contributed by atoms with Crippen LogP contribution in [-0.2, 0) is 19.6 Å². The van der Waals surface area contributed by atoms with Crippen molar-refractivity contribution in [2.45, 2.75) is 33.4 Å². The Kier molecular flexibility index (Phi) is 7.63. The number of rotatable bonds is 4. The van der Waals surface area contributed by atoms with Crippen molar-refractivity contribution in [3.05, 3.63) is 70.8 Å². The van der Waals surface area contributed by atoms with E-state index in [1.54, 1.807) is 0 Å². The van der Waals surface area contributed by atoms with Gasteiger partial charge in [-0.2, -0.15) is 0 Å². The maximum Gasteiger partial charge on any atom is 0.0681 e. The van der Waals surface area contributed by atoms with Gasteiger partial charge in [-0.25, -0.2) is 0 Å². The molecule has 108 valence electrons. The van der Waals surface area contributed by atoms with Crippen molar-refractivity contribution < 1.29 is 5.11 Å². The van der Waals surface area contributed by atoms with Crippen LogP contribution in [0.3, 0.4) is 0 Å². The Morgan fingerprint density at radius 3 is 1.80 bits per heavy atom. The van der Waals surface area contributed by atoms with Gasteiger partial charge in [0.2, 0.25) is 0 Å². The van der Waals surface area contributed by atoms with Gasteiger partial charge in [0.15, 0.2) is 0 Å². The highest BCUT2D eigenvalue weighted by molar-refractivity contribution is 5.22. The van der Waals surface area contributed by atoms with E-state index in [0.29, 0.717) is 0 Å². The molecular formula is C18H25NO. The third-order valence-electron chi connectivity index (χ3n) is 3.12. The molecule has 20 heavy (non-hydrogen) atoms. The highest BCUT2D eigenvalue weighted by Gasteiger charge is 1.90. The maximum absolute atomic E-state index is 8.63. The van der Waals surface area contributed by atoms with E-state index in [1.165, 1.54) is 16.7 Å². The molecule has 0 fully saturated rings. The van der Waals surface area contributed by atoms with Crippen LogP contribution in [0, 0.1) is 6.92 Å². The van der Waals surface area contributed by atoms with Gasteiger partial charge in [0.25, 0.3) is 0 Å². The van der Waals surface area contributed by atoms with Crippen molar-refractivity contribution in [3.8, 4) is 0 Å². The topological polar surface area (TPSA) is 32.3 Å². The minimum absolute atomic E-state index is 0.139. The van der Waals surface area contributed by atoms with Crippen molar-refractivity contribution in [1.82, 2.24) is 5.32 Å². The van der Waals surface area contributed by atoms with Crippen molar-refractivity contribution >= 4 is 0 Å². The Labute approximate surface area is 122 Å². The second-order valence-electron chi connectivity index (χ2n) is 4.84. The first-order valence-corrected chi connectivity index (χ1v) is 7.08. The van der Waals surface area contributed by atoms with E-state index in [1.807, 2.05) is 38.2 Å². The van der Waals surface area contributed by atoms with Gasteiger partial charge in [0.05, 0.1) is 6.61 Å². The van der Waals surface area contributed by atoms with Crippen LogP contribution in [-0.4, -0.2) is 12.2 Å². The SMILES string of the molecule is CCc1ccc(CNC)cc1.Cc1ccc(CO)cc1. The van der Waals surface area contributed by atoms with Gasteiger partial charge >= 0.3 is 0 Å². The third-order valence-corrected chi connectivity index (χ3v) is 3.12. The van der Waals surface area contributed by atoms with Crippen LogP contribution < -0.4 is 5.32 Å². The summed E-state index contributed by atoms with van der Waals surface area (Å²) in [6.07, 6.45) is 1.12. The second kappa shape index (κ2) is 9.29. The molecule has 2 heteroatoms. The van der Waals surface area contributed by atoms with Gasteiger partial charge in [0, 0.05) is 6.54 Å². The highest BCUT2D eigenvalue weighted by Crippen LogP contribution is 2.04. The molecule has 0 saturated heterocycles. The van der Waals surface area contributed by atoms with Gasteiger partial charge < -0.3 is 10.4 Å². The number of aliphatic hydroxyl groups excluding tert-OH is 1. The van der Waals surface area contributed by atoms with Crippen molar-refractivity contribution in [2.24, 2.45) is 0 Å². The molecule has 0 saturated carbocycles. The molecule has 2 aromatic carbocycles. The van der Waals surface area contributed by atoms with E-state index >= 15 is 0 Å². The van der Waals surface area contributed by atoms with Crippen molar-refractivity contribution in [3.63, 3.8) is 0 Å². The fourth-order valence-electron chi connectivity index (χ4n) is 1.79. The Bertz CT molecular complexity index is 474. The summed E-state index contributed by atoms with van der Waals surface area (Å²) in [5, 5.41) is 11.7. The van der Waals surface area contributed by atoms with E-state index in [2.05, 4.69) is 36.5 Å². The molecule has 0 amide bonds. The Morgan fingerprint density at radius 2 is 1.35 bits per heavy atom. The summed E-state index contributed by atoms with van der Waals surface area (Å²) >= 11 is 0. The average Bonchev–Trinajstić information content (AvgIpc) is 2.50. The minimum atomic E-state index is 0.139. The zero-order valence-corrected chi connectivity index (χ0v) is 12.7. The van der Waals surface area contributed by atoms with E-state index in [9.17, 15) is 0 Å². The monoisotopic (exact) mass is 271 g/mol. The summed E-state index contributed by atoms with van der Waals surface area (Å²) in [7, 11) is 1.97. The average molecular weight is 271 g/mol. The molecule has 0 aliphatic rings. The highest BCUT2D eigenvalue weighted by atomic mass is 16.3. The van der Waals surface area contributed by atoms with Gasteiger partial charge in [-0.05, 0) is 37.1 Å². The van der Waals surface area contributed by atoms with Gasteiger partial charge in [0.1, 0.15) is 0 Å². The molecule has 2 rings (SSSR count). The van der Waals surface area contributed by atoms with Crippen molar-refractivity contribution in [1.29, 1.82) is 0 Å². The lowest BCUT2D eigenvalue weighted by Gasteiger charge is -2.00. The molecule has 0 heterocycles. The second-order valence-corrected chi connectivity index (χ2v) is 4.84. The first-order valence-electron chi connectivity index (χ1n) is 7.08. The van der Waals surface area contributed by atoms with Crippen LogP contribution in [0.1, 0.15) is 29.2 Å². The lowest BCUT2D eigenvalue weighted by molar-refractivity contribution is 0.282. The molecule has 2 aromatic rings. The molecular weight excluding hydrogens is 246 g/mol. The lowest BCUT2D eigenvalue weighted by Crippen LogP contribution is -2.04. The molecule has 0 aliphatic carbocycles. The molecule has 0 atom stereocenters. The van der Waals surface area contributed by atoms with Crippen LogP contribution in [0.2, 0.25) is 0 Å². The molecule has 0 spiro atoms. The predicted octanol–water partition coefficient (Wildman–Crippen LogP) is 3.46. The lowest BCUT2D eigenvalue weighted by atomic mass is 10.1. The molecule has 2 N–H and O–H groups in total. The quantitative estimate of drug-likeness (QED) is 0.892. The molecule has 0 unspecified atom stereocenters. The van der Waals surface area contributed by atoms with E-state index < -0.39 is 0 Å². The first-order chi connectivity index (χ1) is 9.69. The van der Waals surface area contributed by atoms with E-state index in [4.69, 9.17) is 5.11 Å². The number of benzene rings is 2. The fraction of sp³-hybridized carbons (Fsp3) is 0.333. The predicted molar refractivity (Wildman–Crippen MR) is 85.7 cm³/mol. The fourth-order valence-corrected chi connectivity index (χ4v) is 1.79. The number of nitrogens with one attached hydrogen (secondary N) is 1. The number of aryl methyl sites for hydroxylation is 2. The minimum Gasteiger partial charge on any atom is -0.392 e. The van der Waals surface area contributed by atoms with Crippen LogP contribution in [0.15, 0.2) is 48.5 Å². The van der Waals surface area contributed by atoms with Crippen molar-refractivity contribution in [2.75, 3.05) is 7.05 Å². The molecule has 0 bridgehead atoms. The summed E-state index contributed by atoms with van der Waals surface area (Å²) in [5.41, 5.74) is 4.96. The summed E-state index contributed by atoms with van der Waals surface area (Å²) in [6, 6.07) is 16.6. The van der Waals surface area contributed by atoms with Gasteiger partial charge in [-0.3, -0.25) is 0 Å². The Morgan fingerprint density at radius 1 is 0.850 bits per heavy atom. The summed E-state index contributed by atoms with van der Waals surface area (Å²) in [6.45, 7) is 5.30. The molecule has 0 radical (unpaired) electrons.